The first-order valence-electron chi connectivity index (χ1n) is 6.84. The zero-order valence-corrected chi connectivity index (χ0v) is 12.4. The first-order valence-corrected chi connectivity index (χ1v) is 7.22. The Morgan fingerprint density at radius 2 is 2.32 bits per heavy atom. The molecule has 0 spiro atoms. The van der Waals surface area contributed by atoms with Gasteiger partial charge in [0, 0.05) is 23.2 Å². The van der Waals surface area contributed by atoms with Gasteiger partial charge in [-0.05, 0) is 50.9 Å². The Balaban J connectivity index is 2.09. The minimum atomic E-state index is -0.244. The number of hydrogen-bond donors (Lipinski definition) is 1. The van der Waals surface area contributed by atoms with E-state index in [1.165, 1.54) is 6.42 Å². The highest BCUT2D eigenvalue weighted by molar-refractivity contribution is 6.30. The van der Waals surface area contributed by atoms with Gasteiger partial charge in [0.2, 0.25) is 0 Å². The predicted molar refractivity (Wildman–Crippen MR) is 77.7 cm³/mol. The molecule has 0 aromatic heterocycles. The number of methoxy groups -OCH3 is 1. The first-order chi connectivity index (χ1) is 9.10. The second-order valence-corrected chi connectivity index (χ2v) is 5.74. The molecule has 3 nitrogen and oxygen atoms in total. The molecule has 1 aliphatic heterocycles. The van der Waals surface area contributed by atoms with Crippen LogP contribution in [-0.2, 0) is 6.54 Å². The number of hydrogen-bond acceptors (Lipinski definition) is 3. The molecule has 0 amide bonds. The van der Waals surface area contributed by atoms with E-state index in [9.17, 15) is 5.11 Å². The van der Waals surface area contributed by atoms with Crippen molar-refractivity contribution < 1.29 is 9.84 Å². The quantitative estimate of drug-likeness (QED) is 0.901. The normalized spacial score (nSPS) is 21.6. The highest BCUT2D eigenvalue weighted by Crippen LogP contribution is 2.28. The van der Waals surface area contributed by atoms with Gasteiger partial charge < -0.3 is 9.84 Å². The third kappa shape index (κ3) is 3.85. The minimum Gasteiger partial charge on any atom is -0.496 e. The van der Waals surface area contributed by atoms with Crippen molar-refractivity contribution in [3.63, 3.8) is 0 Å². The Hall–Kier alpha value is -0.770. The van der Waals surface area contributed by atoms with Crippen molar-refractivity contribution in [2.24, 2.45) is 0 Å². The highest BCUT2D eigenvalue weighted by Gasteiger charge is 2.26. The second kappa shape index (κ2) is 6.60. The molecular formula is C15H22ClNO2. The van der Waals surface area contributed by atoms with Gasteiger partial charge in [0.05, 0.1) is 13.2 Å². The Labute approximate surface area is 120 Å². The lowest BCUT2D eigenvalue weighted by atomic mass is 10.1. The number of benzene rings is 1. The summed E-state index contributed by atoms with van der Waals surface area (Å²) in [6.07, 6.45) is 2.95. The molecule has 0 saturated carbocycles. The summed E-state index contributed by atoms with van der Waals surface area (Å²) in [5.74, 6) is 0.882. The summed E-state index contributed by atoms with van der Waals surface area (Å²) < 4.78 is 5.39. The van der Waals surface area contributed by atoms with E-state index >= 15 is 0 Å². The number of nitrogens with zero attached hydrogens (tertiary/aromatic N) is 1. The zero-order chi connectivity index (χ0) is 13.8. The van der Waals surface area contributed by atoms with E-state index in [4.69, 9.17) is 16.3 Å². The molecule has 0 bridgehead atoms. The van der Waals surface area contributed by atoms with Crippen molar-refractivity contribution in [1.29, 1.82) is 0 Å². The fraction of sp³-hybridized carbons (Fsp3) is 0.600. The van der Waals surface area contributed by atoms with E-state index in [0.29, 0.717) is 6.04 Å². The van der Waals surface area contributed by atoms with Crippen LogP contribution in [0.15, 0.2) is 18.2 Å². The lowest BCUT2D eigenvalue weighted by Gasteiger charge is -2.26. The summed E-state index contributed by atoms with van der Waals surface area (Å²) >= 11 is 6.07. The molecule has 19 heavy (non-hydrogen) atoms. The van der Waals surface area contributed by atoms with E-state index in [1.807, 2.05) is 25.1 Å². The molecule has 4 heteroatoms. The van der Waals surface area contributed by atoms with Crippen molar-refractivity contribution in [2.75, 3.05) is 13.7 Å². The van der Waals surface area contributed by atoms with Crippen molar-refractivity contribution in [1.82, 2.24) is 4.90 Å². The number of halogens is 1. The van der Waals surface area contributed by atoms with Gasteiger partial charge in [0.25, 0.3) is 0 Å². The first kappa shape index (κ1) is 14.6. The van der Waals surface area contributed by atoms with Crippen LogP contribution in [0.3, 0.4) is 0 Å². The van der Waals surface area contributed by atoms with Crippen LogP contribution in [0.1, 0.15) is 31.7 Å². The molecule has 106 valence electrons. The average molecular weight is 284 g/mol. The number of aliphatic hydroxyl groups is 1. The summed E-state index contributed by atoms with van der Waals surface area (Å²) in [4.78, 5) is 2.42. The fourth-order valence-electron chi connectivity index (χ4n) is 2.85. The van der Waals surface area contributed by atoms with E-state index in [-0.39, 0.29) is 6.10 Å². The third-order valence-corrected chi connectivity index (χ3v) is 3.96. The van der Waals surface area contributed by atoms with Gasteiger partial charge in [-0.2, -0.15) is 0 Å². The molecule has 2 atom stereocenters. The molecule has 1 N–H and O–H groups in total. The molecule has 0 aliphatic carbocycles. The zero-order valence-electron chi connectivity index (χ0n) is 11.6. The largest absolute Gasteiger partial charge is 0.496 e. The molecule has 2 unspecified atom stereocenters. The Kier molecular flexibility index (Phi) is 5.08. The van der Waals surface area contributed by atoms with Crippen LogP contribution >= 0.6 is 11.6 Å². The van der Waals surface area contributed by atoms with Gasteiger partial charge in [0.15, 0.2) is 0 Å². The third-order valence-electron chi connectivity index (χ3n) is 3.73. The van der Waals surface area contributed by atoms with Crippen LogP contribution < -0.4 is 4.74 Å². The minimum absolute atomic E-state index is 0.244. The lowest BCUT2D eigenvalue weighted by molar-refractivity contribution is 0.130. The molecule has 1 saturated heterocycles. The number of rotatable bonds is 5. The summed E-state index contributed by atoms with van der Waals surface area (Å²) in [6.45, 7) is 3.77. The molecular weight excluding hydrogens is 262 g/mol. The van der Waals surface area contributed by atoms with Gasteiger partial charge in [-0.15, -0.1) is 0 Å². The average Bonchev–Trinajstić information content (AvgIpc) is 2.76. The van der Waals surface area contributed by atoms with Crippen molar-refractivity contribution in [2.45, 2.75) is 44.9 Å². The number of aliphatic hydroxyl groups excluding tert-OH is 1. The van der Waals surface area contributed by atoms with Crippen molar-refractivity contribution >= 4 is 11.6 Å². The summed E-state index contributed by atoms with van der Waals surface area (Å²) in [5.41, 5.74) is 1.12. The fourth-order valence-corrected chi connectivity index (χ4v) is 3.05. The summed E-state index contributed by atoms with van der Waals surface area (Å²) in [5, 5.41) is 10.3. The SMILES string of the molecule is COc1ccc(Cl)cc1CN1CCCC1CC(C)O. The van der Waals surface area contributed by atoms with Crippen LogP contribution in [-0.4, -0.2) is 35.8 Å². The molecule has 1 aliphatic rings. The molecule has 1 fully saturated rings. The van der Waals surface area contributed by atoms with Gasteiger partial charge in [-0.3, -0.25) is 4.90 Å². The van der Waals surface area contributed by atoms with E-state index in [1.54, 1.807) is 7.11 Å². The predicted octanol–water partition coefficient (Wildman–Crippen LogP) is 3.08. The maximum Gasteiger partial charge on any atom is 0.123 e. The number of likely N-dealkylation sites (tertiary alicyclic amines) is 1. The van der Waals surface area contributed by atoms with Gasteiger partial charge >= 0.3 is 0 Å². The molecule has 0 radical (unpaired) electrons. The summed E-state index contributed by atoms with van der Waals surface area (Å²) in [7, 11) is 1.68. The van der Waals surface area contributed by atoms with Gasteiger partial charge in [-0.1, -0.05) is 11.6 Å². The molecule has 1 aromatic carbocycles. The molecule has 2 rings (SSSR count). The van der Waals surface area contributed by atoms with Crippen LogP contribution in [0.4, 0.5) is 0 Å². The topological polar surface area (TPSA) is 32.7 Å². The van der Waals surface area contributed by atoms with Crippen LogP contribution in [0.2, 0.25) is 5.02 Å². The Morgan fingerprint density at radius 1 is 1.53 bits per heavy atom. The highest BCUT2D eigenvalue weighted by atomic mass is 35.5. The van der Waals surface area contributed by atoms with Crippen molar-refractivity contribution in [3.8, 4) is 5.75 Å². The van der Waals surface area contributed by atoms with E-state index in [0.717, 1.165) is 42.3 Å². The number of ether oxygens (including phenoxy) is 1. The molecule has 1 aromatic rings. The van der Waals surface area contributed by atoms with Crippen LogP contribution in [0.25, 0.3) is 0 Å². The Morgan fingerprint density at radius 3 is 3.00 bits per heavy atom. The van der Waals surface area contributed by atoms with Gasteiger partial charge in [-0.25, -0.2) is 0 Å². The van der Waals surface area contributed by atoms with E-state index in [2.05, 4.69) is 4.90 Å². The smallest absolute Gasteiger partial charge is 0.123 e. The summed E-state index contributed by atoms with van der Waals surface area (Å²) in [6, 6.07) is 6.19. The van der Waals surface area contributed by atoms with Crippen LogP contribution in [0.5, 0.6) is 5.75 Å². The van der Waals surface area contributed by atoms with Crippen LogP contribution in [0, 0.1) is 0 Å². The molecule has 1 heterocycles. The van der Waals surface area contributed by atoms with Crippen molar-refractivity contribution in [3.05, 3.63) is 28.8 Å². The maximum absolute atomic E-state index is 9.57. The monoisotopic (exact) mass is 283 g/mol. The maximum atomic E-state index is 9.57. The standard InChI is InChI=1S/C15H22ClNO2/c1-11(18)8-14-4-3-7-17(14)10-12-9-13(16)5-6-15(12)19-2/h5-6,9,11,14,18H,3-4,7-8,10H2,1-2H3. The second-order valence-electron chi connectivity index (χ2n) is 5.31. The van der Waals surface area contributed by atoms with E-state index < -0.39 is 0 Å². The van der Waals surface area contributed by atoms with Gasteiger partial charge in [0.1, 0.15) is 5.75 Å². The Bertz CT molecular complexity index is 423. The lowest BCUT2D eigenvalue weighted by Crippen LogP contribution is -2.31.